The van der Waals surface area contributed by atoms with Crippen LogP contribution in [0.5, 0.6) is 0 Å². The zero-order valence-corrected chi connectivity index (χ0v) is 14.8. The largest absolute Gasteiger partial charge is 0.299 e. The highest BCUT2D eigenvalue weighted by atomic mass is 16.1. The lowest BCUT2D eigenvalue weighted by Crippen LogP contribution is -2.20. The SMILES string of the molecule is CCCn1cnc2c(c1=O)c1nc3ccccc3nc1n2-c1ccccc1. The van der Waals surface area contributed by atoms with Crippen LogP contribution in [-0.4, -0.2) is 24.1 Å². The van der Waals surface area contributed by atoms with Gasteiger partial charge in [0.25, 0.3) is 5.56 Å². The van der Waals surface area contributed by atoms with Gasteiger partial charge in [-0.3, -0.25) is 13.9 Å². The first kappa shape index (κ1) is 15.7. The lowest BCUT2D eigenvalue weighted by molar-refractivity contribution is 0.647. The van der Waals surface area contributed by atoms with Gasteiger partial charge in [-0.05, 0) is 30.7 Å². The van der Waals surface area contributed by atoms with Gasteiger partial charge in [0.05, 0.1) is 17.4 Å². The molecule has 0 saturated heterocycles. The molecule has 0 fully saturated rings. The number of benzene rings is 2. The second-order valence-electron chi connectivity index (χ2n) is 6.50. The van der Waals surface area contributed by atoms with Crippen molar-refractivity contribution in [2.24, 2.45) is 0 Å². The third-order valence-electron chi connectivity index (χ3n) is 4.71. The number of rotatable bonds is 3. The van der Waals surface area contributed by atoms with E-state index in [1.54, 1.807) is 10.9 Å². The molecule has 0 atom stereocenters. The summed E-state index contributed by atoms with van der Waals surface area (Å²) < 4.78 is 3.57. The van der Waals surface area contributed by atoms with Crippen molar-refractivity contribution in [2.45, 2.75) is 19.9 Å². The van der Waals surface area contributed by atoms with E-state index >= 15 is 0 Å². The average molecular weight is 355 g/mol. The van der Waals surface area contributed by atoms with Crippen LogP contribution in [0.1, 0.15) is 13.3 Å². The predicted molar refractivity (Wildman–Crippen MR) is 106 cm³/mol. The van der Waals surface area contributed by atoms with Crippen LogP contribution in [-0.2, 0) is 6.54 Å². The maximum Gasteiger partial charge on any atom is 0.265 e. The van der Waals surface area contributed by atoms with Gasteiger partial charge >= 0.3 is 0 Å². The summed E-state index contributed by atoms with van der Waals surface area (Å²) in [6, 6.07) is 17.5. The molecular weight excluding hydrogens is 338 g/mol. The van der Waals surface area contributed by atoms with E-state index in [1.807, 2.05) is 66.1 Å². The van der Waals surface area contributed by atoms with Gasteiger partial charge in [-0.2, -0.15) is 0 Å². The Kier molecular flexibility index (Phi) is 3.50. The number of nitrogens with zero attached hydrogens (tertiary/aromatic N) is 5. The normalized spacial score (nSPS) is 11.6. The number of aromatic nitrogens is 5. The fourth-order valence-corrected chi connectivity index (χ4v) is 3.49. The number of hydrogen-bond acceptors (Lipinski definition) is 4. The lowest BCUT2D eigenvalue weighted by atomic mass is 10.3. The minimum atomic E-state index is -0.0777. The first-order valence-corrected chi connectivity index (χ1v) is 8.99. The van der Waals surface area contributed by atoms with Crippen LogP contribution in [0.3, 0.4) is 0 Å². The van der Waals surface area contributed by atoms with Gasteiger partial charge in [-0.25, -0.2) is 15.0 Å². The van der Waals surface area contributed by atoms with Crippen LogP contribution in [0.15, 0.2) is 65.7 Å². The summed E-state index contributed by atoms with van der Waals surface area (Å²) >= 11 is 0. The molecule has 0 radical (unpaired) electrons. The molecule has 0 amide bonds. The van der Waals surface area contributed by atoms with E-state index in [4.69, 9.17) is 9.97 Å². The standard InChI is InChI=1S/C21H17N5O/c1-2-12-25-13-22-19-17(21(25)27)18-20(26(19)14-8-4-3-5-9-14)24-16-11-7-6-10-15(16)23-18/h3-11,13H,2,12H2,1H3. The zero-order chi connectivity index (χ0) is 18.4. The van der Waals surface area contributed by atoms with Gasteiger partial charge in [0.1, 0.15) is 10.9 Å². The van der Waals surface area contributed by atoms with Crippen molar-refractivity contribution in [1.82, 2.24) is 24.1 Å². The maximum absolute atomic E-state index is 13.2. The van der Waals surface area contributed by atoms with Crippen molar-refractivity contribution < 1.29 is 0 Å². The summed E-state index contributed by atoms with van der Waals surface area (Å²) in [5.74, 6) is 0. The number of fused-ring (bicyclic) bond motifs is 4. The van der Waals surface area contributed by atoms with Crippen molar-refractivity contribution in [1.29, 1.82) is 0 Å². The van der Waals surface area contributed by atoms with E-state index in [9.17, 15) is 4.79 Å². The molecule has 5 rings (SSSR count). The smallest absolute Gasteiger partial charge is 0.265 e. The molecule has 27 heavy (non-hydrogen) atoms. The monoisotopic (exact) mass is 355 g/mol. The van der Waals surface area contributed by atoms with Crippen LogP contribution in [0.25, 0.3) is 38.9 Å². The molecule has 2 aromatic carbocycles. The van der Waals surface area contributed by atoms with Gasteiger partial charge in [-0.1, -0.05) is 37.3 Å². The molecule has 132 valence electrons. The third-order valence-corrected chi connectivity index (χ3v) is 4.71. The van der Waals surface area contributed by atoms with E-state index in [0.29, 0.717) is 28.7 Å². The molecule has 0 aliphatic heterocycles. The Morgan fingerprint density at radius 2 is 1.59 bits per heavy atom. The Morgan fingerprint density at radius 1 is 0.889 bits per heavy atom. The van der Waals surface area contributed by atoms with Crippen molar-refractivity contribution in [2.75, 3.05) is 0 Å². The van der Waals surface area contributed by atoms with Gasteiger partial charge in [0.15, 0.2) is 11.3 Å². The van der Waals surface area contributed by atoms with Crippen LogP contribution in [0, 0.1) is 0 Å². The summed E-state index contributed by atoms with van der Waals surface area (Å²) in [5, 5.41) is 0.517. The van der Waals surface area contributed by atoms with Crippen LogP contribution in [0.4, 0.5) is 0 Å². The second kappa shape index (κ2) is 6.02. The molecular formula is C21H17N5O. The molecule has 6 heteroatoms. The summed E-state index contributed by atoms with van der Waals surface area (Å²) in [6.45, 7) is 2.66. The van der Waals surface area contributed by atoms with E-state index < -0.39 is 0 Å². The highest BCUT2D eigenvalue weighted by Gasteiger charge is 2.20. The molecule has 0 spiro atoms. The molecule has 3 aromatic heterocycles. The summed E-state index contributed by atoms with van der Waals surface area (Å²) in [6.07, 6.45) is 2.48. The van der Waals surface area contributed by atoms with Gasteiger partial charge < -0.3 is 0 Å². The highest BCUT2D eigenvalue weighted by Crippen LogP contribution is 2.27. The fraction of sp³-hybridized carbons (Fsp3) is 0.143. The van der Waals surface area contributed by atoms with E-state index in [1.165, 1.54) is 0 Å². The molecule has 3 heterocycles. The van der Waals surface area contributed by atoms with Crippen molar-refractivity contribution in [3.8, 4) is 5.69 Å². The van der Waals surface area contributed by atoms with Gasteiger partial charge in [0.2, 0.25) is 0 Å². The first-order chi connectivity index (χ1) is 13.3. The summed E-state index contributed by atoms with van der Waals surface area (Å²) in [5.41, 5.74) is 4.21. The molecule has 0 unspecified atom stereocenters. The van der Waals surface area contributed by atoms with E-state index in [0.717, 1.165) is 23.1 Å². The van der Waals surface area contributed by atoms with Crippen molar-refractivity contribution in [3.05, 3.63) is 71.3 Å². The maximum atomic E-state index is 13.2. The zero-order valence-electron chi connectivity index (χ0n) is 14.8. The van der Waals surface area contributed by atoms with E-state index in [-0.39, 0.29) is 5.56 Å². The van der Waals surface area contributed by atoms with Crippen LogP contribution < -0.4 is 5.56 Å². The molecule has 0 aliphatic carbocycles. The number of para-hydroxylation sites is 3. The molecule has 0 aliphatic rings. The minimum absolute atomic E-state index is 0.0777. The molecule has 0 N–H and O–H groups in total. The Labute approximate surface area is 154 Å². The van der Waals surface area contributed by atoms with Crippen LogP contribution >= 0.6 is 0 Å². The Bertz CT molecular complexity index is 1350. The summed E-state index contributed by atoms with van der Waals surface area (Å²) in [7, 11) is 0. The third kappa shape index (κ3) is 2.33. The fourth-order valence-electron chi connectivity index (χ4n) is 3.49. The molecule has 0 bridgehead atoms. The predicted octanol–water partition coefficient (Wildman–Crippen LogP) is 3.69. The highest BCUT2D eigenvalue weighted by molar-refractivity contribution is 6.05. The van der Waals surface area contributed by atoms with Crippen molar-refractivity contribution >= 4 is 33.2 Å². The molecule has 0 saturated carbocycles. The van der Waals surface area contributed by atoms with E-state index in [2.05, 4.69) is 4.98 Å². The second-order valence-corrected chi connectivity index (χ2v) is 6.50. The topological polar surface area (TPSA) is 65.6 Å². The lowest BCUT2D eigenvalue weighted by Gasteiger charge is -2.06. The average Bonchev–Trinajstić information content (AvgIpc) is 3.03. The quantitative estimate of drug-likeness (QED) is 0.495. The van der Waals surface area contributed by atoms with Crippen LogP contribution in [0.2, 0.25) is 0 Å². The number of hydrogen-bond donors (Lipinski definition) is 0. The van der Waals surface area contributed by atoms with Crippen molar-refractivity contribution in [3.63, 3.8) is 0 Å². The number of aryl methyl sites for hydroxylation is 1. The Balaban J connectivity index is 2.01. The minimum Gasteiger partial charge on any atom is -0.299 e. The Hall–Kier alpha value is -3.54. The van der Waals surface area contributed by atoms with Gasteiger partial charge in [0, 0.05) is 12.2 Å². The molecule has 6 nitrogen and oxygen atoms in total. The van der Waals surface area contributed by atoms with Gasteiger partial charge in [-0.15, -0.1) is 0 Å². The molecule has 5 aromatic rings. The Morgan fingerprint density at radius 3 is 2.33 bits per heavy atom. The first-order valence-electron chi connectivity index (χ1n) is 8.99. The summed E-state index contributed by atoms with van der Waals surface area (Å²) in [4.78, 5) is 27.4.